The lowest BCUT2D eigenvalue weighted by Crippen LogP contribution is -2.30. The van der Waals surface area contributed by atoms with Crippen molar-refractivity contribution >= 4 is 17.4 Å². The Morgan fingerprint density at radius 3 is 2.64 bits per heavy atom. The van der Waals surface area contributed by atoms with Gasteiger partial charge in [-0.15, -0.1) is 0 Å². The van der Waals surface area contributed by atoms with Gasteiger partial charge in [0.05, 0.1) is 24.3 Å². The summed E-state index contributed by atoms with van der Waals surface area (Å²) in [6.45, 7) is 2.52. The van der Waals surface area contributed by atoms with E-state index in [0.717, 1.165) is 19.3 Å². The molecule has 1 saturated heterocycles. The van der Waals surface area contributed by atoms with Gasteiger partial charge in [-0.1, -0.05) is 38.0 Å². The molecule has 0 spiro atoms. The highest BCUT2D eigenvalue weighted by atomic mass is 16.5. The lowest BCUT2D eigenvalue weighted by Gasteiger charge is -2.25. The second-order valence-electron chi connectivity index (χ2n) is 6.69. The summed E-state index contributed by atoms with van der Waals surface area (Å²) < 4.78 is 5.32. The monoisotopic (exact) mass is 380 g/mol. The summed E-state index contributed by atoms with van der Waals surface area (Å²) >= 11 is 0. The minimum atomic E-state index is -0.686. The highest BCUT2D eigenvalue weighted by Crippen LogP contribution is 2.40. The molecule has 1 amide bonds. The topological polar surface area (TPSA) is 79.7 Å². The number of Topliss-reactive ketones (excluding diaryl/α,β-unsaturated/α-hetero) is 1. The van der Waals surface area contributed by atoms with Gasteiger partial charge < -0.3 is 14.7 Å². The number of carbonyl (C=O) groups excluding carboxylic acids is 2. The first-order valence-electron chi connectivity index (χ1n) is 9.41. The van der Waals surface area contributed by atoms with E-state index in [-0.39, 0.29) is 11.3 Å². The van der Waals surface area contributed by atoms with Crippen molar-refractivity contribution < 1.29 is 19.4 Å². The minimum absolute atomic E-state index is 0.0685. The van der Waals surface area contributed by atoms with Crippen molar-refractivity contribution in [2.75, 3.05) is 13.7 Å². The molecule has 1 fully saturated rings. The molecule has 1 aromatic heterocycles. The first kappa shape index (κ1) is 19.6. The quantitative estimate of drug-likeness (QED) is 0.343. The second-order valence-corrected chi connectivity index (χ2v) is 6.69. The Kier molecular flexibility index (Phi) is 6.09. The molecule has 0 bridgehead atoms. The second kappa shape index (κ2) is 8.69. The number of unbranched alkanes of at least 4 members (excludes halogenated alkanes) is 2. The Morgan fingerprint density at radius 1 is 1.18 bits per heavy atom. The van der Waals surface area contributed by atoms with Crippen LogP contribution in [0.5, 0.6) is 5.75 Å². The van der Waals surface area contributed by atoms with Gasteiger partial charge in [-0.2, -0.15) is 0 Å². The maximum atomic E-state index is 12.9. The van der Waals surface area contributed by atoms with Gasteiger partial charge in [0.25, 0.3) is 11.7 Å². The number of nitrogens with zero attached hydrogens (tertiary/aromatic N) is 2. The molecule has 146 valence electrons. The molecule has 1 N–H and O–H groups in total. The van der Waals surface area contributed by atoms with Crippen LogP contribution in [-0.4, -0.2) is 40.3 Å². The molecule has 0 radical (unpaired) electrons. The van der Waals surface area contributed by atoms with Crippen LogP contribution in [0.4, 0.5) is 0 Å². The zero-order valence-electron chi connectivity index (χ0n) is 16.1. The van der Waals surface area contributed by atoms with E-state index >= 15 is 0 Å². The summed E-state index contributed by atoms with van der Waals surface area (Å²) in [5.74, 6) is -1.08. The lowest BCUT2D eigenvalue weighted by molar-refractivity contribution is -0.139. The Morgan fingerprint density at radius 2 is 1.96 bits per heavy atom. The Bertz CT molecular complexity index is 892. The molecule has 3 rings (SSSR count). The smallest absolute Gasteiger partial charge is 0.295 e. The summed E-state index contributed by atoms with van der Waals surface area (Å²) in [7, 11) is 1.49. The summed E-state index contributed by atoms with van der Waals surface area (Å²) in [6.07, 6.45) is 6.00. The standard InChI is InChI=1S/C22H24N2O4/c1-3-4-7-13-24-19(15-9-8-12-23-14-15)18(21(26)22(24)27)20(25)16-10-5-6-11-17(16)28-2/h5-6,8-12,14,19,25H,3-4,7,13H2,1-2H3/b20-18-. The number of benzene rings is 1. The van der Waals surface area contributed by atoms with E-state index in [0.29, 0.717) is 23.4 Å². The van der Waals surface area contributed by atoms with E-state index in [2.05, 4.69) is 11.9 Å². The summed E-state index contributed by atoms with van der Waals surface area (Å²) in [4.78, 5) is 31.3. The molecule has 2 heterocycles. The van der Waals surface area contributed by atoms with E-state index in [1.54, 1.807) is 42.7 Å². The molecule has 1 atom stereocenters. The van der Waals surface area contributed by atoms with Crippen molar-refractivity contribution in [1.29, 1.82) is 0 Å². The number of ketones is 1. The molecule has 6 nitrogen and oxygen atoms in total. The molecule has 28 heavy (non-hydrogen) atoms. The summed E-state index contributed by atoms with van der Waals surface area (Å²) in [6, 6.07) is 9.78. The maximum Gasteiger partial charge on any atom is 0.295 e. The number of aromatic nitrogens is 1. The van der Waals surface area contributed by atoms with Gasteiger partial charge in [0.1, 0.15) is 11.5 Å². The maximum absolute atomic E-state index is 12.9. The number of methoxy groups -OCH3 is 1. The minimum Gasteiger partial charge on any atom is -0.507 e. The van der Waals surface area contributed by atoms with Gasteiger partial charge in [0.15, 0.2) is 0 Å². The zero-order valence-corrected chi connectivity index (χ0v) is 16.1. The first-order chi connectivity index (χ1) is 13.6. The van der Waals surface area contributed by atoms with Gasteiger partial charge >= 0.3 is 0 Å². The van der Waals surface area contributed by atoms with E-state index in [1.807, 2.05) is 6.07 Å². The molecular formula is C22H24N2O4. The van der Waals surface area contributed by atoms with Gasteiger partial charge in [-0.3, -0.25) is 14.6 Å². The number of rotatable bonds is 7. The largest absolute Gasteiger partial charge is 0.507 e. The number of pyridine rings is 1. The molecule has 0 saturated carbocycles. The lowest BCUT2D eigenvalue weighted by atomic mass is 9.96. The van der Waals surface area contributed by atoms with Crippen LogP contribution >= 0.6 is 0 Å². The molecule has 1 unspecified atom stereocenters. The van der Waals surface area contributed by atoms with Crippen molar-refractivity contribution in [1.82, 2.24) is 9.88 Å². The number of hydrogen-bond acceptors (Lipinski definition) is 5. The number of likely N-dealkylation sites (tertiary alicyclic amines) is 1. The molecule has 6 heteroatoms. The van der Waals surface area contributed by atoms with Gasteiger partial charge in [-0.05, 0) is 30.2 Å². The molecule has 1 aliphatic heterocycles. The SMILES string of the molecule is CCCCCN1C(=O)C(=O)/C(=C(\O)c2ccccc2OC)C1c1cccnc1. The van der Waals surface area contributed by atoms with Crippen LogP contribution in [0.2, 0.25) is 0 Å². The Balaban J connectivity index is 2.14. The third-order valence-electron chi connectivity index (χ3n) is 4.90. The van der Waals surface area contributed by atoms with Crippen LogP contribution in [0.15, 0.2) is 54.4 Å². The predicted molar refractivity (Wildman–Crippen MR) is 106 cm³/mol. The van der Waals surface area contributed by atoms with E-state index < -0.39 is 17.7 Å². The Labute approximate surface area is 164 Å². The first-order valence-corrected chi connectivity index (χ1v) is 9.41. The van der Waals surface area contributed by atoms with Crippen LogP contribution in [0.3, 0.4) is 0 Å². The van der Waals surface area contributed by atoms with Crippen LogP contribution in [0.25, 0.3) is 5.76 Å². The molecule has 2 aromatic rings. The Hall–Kier alpha value is -3.15. The van der Waals surface area contributed by atoms with Crippen molar-refractivity contribution in [3.63, 3.8) is 0 Å². The molecule has 1 aliphatic rings. The number of hydrogen-bond donors (Lipinski definition) is 1. The van der Waals surface area contributed by atoms with Crippen LogP contribution in [0.1, 0.15) is 43.4 Å². The molecular weight excluding hydrogens is 356 g/mol. The highest BCUT2D eigenvalue weighted by Gasteiger charge is 2.46. The van der Waals surface area contributed by atoms with Gasteiger partial charge in [0, 0.05) is 18.9 Å². The normalized spacial score (nSPS) is 18.5. The van der Waals surface area contributed by atoms with Crippen molar-refractivity contribution in [2.24, 2.45) is 0 Å². The fraction of sp³-hybridized carbons (Fsp3) is 0.318. The van der Waals surface area contributed by atoms with Crippen LogP contribution < -0.4 is 4.74 Å². The number of para-hydroxylation sites is 1. The number of aliphatic hydroxyl groups is 1. The van der Waals surface area contributed by atoms with E-state index in [4.69, 9.17) is 4.74 Å². The zero-order chi connectivity index (χ0) is 20.1. The van der Waals surface area contributed by atoms with Crippen molar-refractivity contribution in [3.8, 4) is 5.75 Å². The summed E-state index contributed by atoms with van der Waals surface area (Å²) in [5.41, 5.74) is 1.14. The average molecular weight is 380 g/mol. The predicted octanol–water partition coefficient (Wildman–Crippen LogP) is 3.70. The van der Waals surface area contributed by atoms with Gasteiger partial charge in [0.2, 0.25) is 0 Å². The number of aliphatic hydroxyl groups excluding tert-OH is 1. The average Bonchev–Trinajstić information content (AvgIpc) is 2.99. The van der Waals surface area contributed by atoms with Crippen LogP contribution in [-0.2, 0) is 9.59 Å². The van der Waals surface area contributed by atoms with Crippen molar-refractivity contribution in [3.05, 3.63) is 65.5 Å². The third-order valence-corrected chi connectivity index (χ3v) is 4.90. The fourth-order valence-electron chi connectivity index (χ4n) is 3.51. The summed E-state index contributed by atoms with van der Waals surface area (Å²) in [5, 5.41) is 11.0. The number of carbonyl (C=O) groups is 2. The van der Waals surface area contributed by atoms with Gasteiger partial charge in [-0.25, -0.2) is 0 Å². The van der Waals surface area contributed by atoms with Crippen LogP contribution in [0, 0.1) is 0 Å². The molecule has 1 aromatic carbocycles. The fourth-order valence-corrected chi connectivity index (χ4v) is 3.51. The van der Waals surface area contributed by atoms with Crippen molar-refractivity contribution in [2.45, 2.75) is 32.2 Å². The molecule has 0 aliphatic carbocycles. The van der Waals surface area contributed by atoms with E-state index in [9.17, 15) is 14.7 Å². The number of ether oxygens (including phenoxy) is 1. The number of amides is 1. The third kappa shape index (κ3) is 3.63. The van der Waals surface area contributed by atoms with E-state index in [1.165, 1.54) is 12.0 Å². The highest BCUT2D eigenvalue weighted by molar-refractivity contribution is 6.46.